The first-order valence-electron chi connectivity index (χ1n) is 14.8. The van der Waals surface area contributed by atoms with E-state index in [4.69, 9.17) is 16.3 Å². The standard InChI is InChI=1S/C31H40ClN3O4/c1-17-8-6-9-22(19(17)3)34-29(37)27-31-16-15-24(39-31)25(28(36)33-21-13-11-20(32)12-14-21)26(31)30(38)35(27)23-10-5-4-7-18(23)2/h11-19,22-27H,4-10H2,1-3H3,(H,33,36)(H,34,37)/t17-,18+,19-,22+,23-,24-,25-,26-,27+,31+/m1/s1. The fraction of sp³-hybridized carbons (Fsp3) is 0.645. The first kappa shape index (κ1) is 26.8. The van der Waals surface area contributed by atoms with Crippen LogP contribution < -0.4 is 10.6 Å². The van der Waals surface area contributed by atoms with Gasteiger partial charge < -0.3 is 20.3 Å². The van der Waals surface area contributed by atoms with Gasteiger partial charge in [0.15, 0.2) is 0 Å². The molecule has 1 aromatic rings. The summed E-state index contributed by atoms with van der Waals surface area (Å²) in [7, 11) is 0. The number of ether oxygens (including phenoxy) is 1. The van der Waals surface area contributed by atoms with E-state index in [1.807, 2.05) is 17.1 Å². The molecule has 5 aliphatic rings. The molecule has 2 saturated heterocycles. The Balaban J connectivity index is 1.33. The summed E-state index contributed by atoms with van der Waals surface area (Å²) in [5.41, 5.74) is -0.516. The smallest absolute Gasteiger partial charge is 0.246 e. The third-order valence-corrected chi connectivity index (χ3v) is 10.7. The van der Waals surface area contributed by atoms with Gasteiger partial charge >= 0.3 is 0 Å². The number of nitrogens with zero attached hydrogens (tertiary/aromatic N) is 1. The van der Waals surface area contributed by atoms with Gasteiger partial charge in [-0.15, -0.1) is 0 Å². The molecule has 0 radical (unpaired) electrons. The molecule has 2 saturated carbocycles. The van der Waals surface area contributed by atoms with E-state index < -0.39 is 29.6 Å². The van der Waals surface area contributed by atoms with E-state index in [9.17, 15) is 14.4 Å². The Hall–Kier alpha value is -2.38. The zero-order valence-corrected chi connectivity index (χ0v) is 23.8. The van der Waals surface area contributed by atoms with Gasteiger partial charge in [-0.2, -0.15) is 0 Å². The molecule has 2 bridgehead atoms. The summed E-state index contributed by atoms with van der Waals surface area (Å²) in [6.07, 6.45) is 10.5. The molecule has 6 rings (SSSR count). The van der Waals surface area contributed by atoms with Crippen LogP contribution in [0.5, 0.6) is 0 Å². The van der Waals surface area contributed by atoms with Crippen LogP contribution in [-0.2, 0) is 19.1 Å². The number of hydrogen-bond acceptors (Lipinski definition) is 4. The molecule has 0 aromatic heterocycles. The van der Waals surface area contributed by atoms with E-state index in [1.54, 1.807) is 24.3 Å². The Kier molecular flexibility index (Phi) is 7.03. The SMILES string of the molecule is C[C@@H]1[C@H](C)CCC[C@@H]1NC(=O)[C@@H]1N([C@@H]2CCCC[C@@H]2C)C(=O)[C@H]2[C@H](C(=O)Nc3ccc(Cl)cc3)[C@H]3C=C[C@@]12O3. The number of rotatable bonds is 5. The molecule has 3 heterocycles. The van der Waals surface area contributed by atoms with E-state index >= 15 is 0 Å². The van der Waals surface area contributed by atoms with E-state index in [2.05, 4.69) is 31.4 Å². The van der Waals surface area contributed by atoms with Crippen molar-refractivity contribution >= 4 is 35.0 Å². The van der Waals surface area contributed by atoms with E-state index in [1.165, 1.54) is 6.42 Å². The Labute approximate surface area is 236 Å². The van der Waals surface area contributed by atoms with E-state index in [-0.39, 0.29) is 35.7 Å². The number of anilines is 1. The van der Waals surface area contributed by atoms with Crippen molar-refractivity contribution in [2.75, 3.05) is 5.32 Å². The van der Waals surface area contributed by atoms with Crippen molar-refractivity contribution in [3.8, 4) is 0 Å². The minimum absolute atomic E-state index is 0.0410. The molecule has 10 atom stereocenters. The molecule has 2 N–H and O–H groups in total. The molecule has 7 nitrogen and oxygen atoms in total. The van der Waals surface area contributed by atoms with Gasteiger partial charge in [-0.3, -0.25) is 14.4 Å². The molecule has 3 aliphatic heterocycles. The van der Waals surface area contributed by atoms with Crippen molar-refractivity contribution in [1.29, 1.82) is 0 Å². The molecular formula is C31H40ClN3O4. The van der Waals surface area contributed by atoms with Crippen LogP contribution in [0.3, 0.4) is 0 Å². The Morgan fingerprint density at radius 1 is 0.974 bits per heavy atom. The normalized spacial score (nSPS) is 41.0. The van der Waals surface area contributed by atoms with Crippen LogP contribution in [0.25, 0.3) is 0 Å². The lowest BCUT2D eigenvalue weighted by Crippen LogP contribution is -2.60. The number of fused-ring (bicyclic) bond motifs is 1. The first-order chi connectivity index (χ1) is 18.7. The quantitative estimate of drug-likeness (QED) is 0.505. The second kappa shape index (κ2) is 10.2. The molecule has 210 valence electrons. The van der Waals surface area contributed by atoms with Crippen LogP contribution in [0.1, 0.15) is 65.7 Å². The maximum absolute atomic E-state index is 14.4. The maximum Gasteiger partial charge on any atom is 0.246 e. The van der Waals surface area contributed by atoms with Gasteiger partial charge in [0, 0.05) is 22.8 Å². The van der Waals surface area contributed by atoms with Crippen LogP contribution in [0.15, 0.2) is 36.4 Å². The Morgan fingerprint density at radius 3 is 2.44 bits per heavy atom. The second-order valence-corrected chi connectivity index (χ2v) is 13.1. The van der Waals surface area contributed by atoms with Gasteiger partial charge in [-0.05, 0) is 61.3 Å². The number of hydrogen-bond donors (Lipinski definition) is 2. The number of carbonyl (C=O) groups excluding carboxylic acids is 3. The van der Waals surface area contributed by atoms with Crippen molar-refractivity contribution in [3.05, 3.63) is 41.4 Å². The maximum atomic E-state index is 14.4. The van der Waals surface area contributed by atoms with Gasteiger partial charge in [-0.1, -0.05) is 70.2 Å². The zero-order chi connectivity index (χ0) is 27.5. The van der Waals surface area contributed by atoms with Crippen LogP contribution >= 0.6 is 11.6 Å². The van der Waals surface area contributed by atoms with Gasteiger partial charge in [0.2, 0.25) is 17.7 Å². The molecule has 0 unspecified atom stereocenters. The van der Waals surface area contributed by atoms with Crippen molar-refractivity contribution in [2.24, 2.45) is 29.6 Å². The van der Waals surface area contributed by atoms with Crippen molar-refractivity contribution in [3.63, 3.8) is 0 Å². The predicted octanol–water partition coefficient (Wildman–Crippen LogP) is 4.95. The highest BCUT2D eigenvalue weighted by Crippen LogP contribution is 2.56. The molecule has 8 heteroatoms. The summed E-state index contributed by atoms with van der Waals surface area (Å²) in [5.74, 6) is -0.777. The summed E-state index contributed by atoms with van der Waals surface area (Å²) >= 11 is 6.02. The number of carbonyl (C=O) groups is 3. The summed E-state index contributed by atoms with van der Waals surface area (Å²) in [6, 6.07) is 6.18. The lowest BCUT2D eigenvalue weighted by Gasteiger charge is -2.42. The average molecular weight is 554 g/mol. The van der Waals surface area contributed by atoms with Crippen LogP contribution in [0.2, 0.25) is 5.02 Å². The molecule has 1 spiro atoms. The second-order valence-electron chi connectivity index (χ2n) is 12.7. The van der Waals surface area contributed by atoms with Gasteiger partial charge in [0.05, 0.1) is 17.9 Å². The third-order valence-electron chi connectivity index (χ3n) is 10.4. The van der Waals surface area contributed by atoms with Crippen LogP contribution in [0, 0.1) is 29.6 Å². The monoisotopic (exact) mass is 553 g/mol. The number of nitrogens with one attached hydrogen (secondary N) is 2. The molecule has 1 aromatic carbocycles. The number of halogens is 1. The zero-order valence-electron chi connectivity index (χ0n) is 23.1. The molecule has 2 aliphatic carbocycles. The first-order valence-corrected chi connectivity index (χ1v) is 15.1. The van der Waals surface area contributed by atoms with Crippen LogP contribution in [-0.4, -0.2) is 52.5 Å². The van der Waals surface area contributed by atoms with Crippen molar-refractivity contribution in [2.45, 2.75) is 95.5 Å². The highest BCUT2D eigenvalue weighted by molar-refractivity contribution is 6.30. The Bertz CT molecular complexity index is 1170. The fourth-order valence-electron chi connectivity index (χ4n) is 8.08. The van der Waals surface area contributed by atoms with E-state index in [0.717, 1.165) is 38.5 Å². The van der Waals surface area contributed by atoms with Crippen molar-refractivity contribution in [1.82, 2.24) is 10.2 Å². The number of amides is 3. The third kappa shape index (κ3) is 4.40. The average Bonchev–Trinajstić information content (AvgIpc) is 3.56. The highest BCUT2D eigenvalue weighted by Gasteiger charge is 2.73. The van der Waals surface area contributed by atoms with Gasteiger partial charge in [0.25, 0.3) is 0 Å². The lowest BCUT2D eigenvalue weighted by molar-refractivity contribution is -0.146. The molecule has 4 fully saturated rings. The molecule has 39 heavy (non-hydrogen) atoms. The number of likely N-dealkylation sites (tertiary alicyclic amines) is 1. The largest absolute Gasteiger partial charge is 0.359 e. The molecular weight excluding hydrogens is 514 g/mol. The summed E-state index contributed by atoms with van der Waals surface area (Å²) in [6.45, 7) is 6.65. The molecule has 3 amide bonds. The topological polar surface area (TPSA) is 87.7 Å². The fourth-order valence-corrected chi connectivity index (χ4v) is 8.21. The summed E-state index contributed by atoms with van der Waals surface area (Å²) in [5, 5.41) is 6.91. The van der Waals surface area contributed by atoms with E-state index in [0.29, 0.717) is 22.5 Å². The van der Waals surface area contributed by atoms with Gasteiger partial charge in [0.1, 0.15) is 11.6 Å². The summed E-state index contributed by atoms with van der Waals surface area (Å²) < 4.78 is 6.56. The van der Waals surface area contributed by atoms with Gasteiger partial charge in [-0.25, -0.2) is 0 Å². The highest BCUT2D eigenvalue weighted by atomic mass is 35.5. The minimum atomic E-state index is -1.13. The minimum Gasteiger partial charge on any atom is -0.359 e. The van der Waals surface area contributed by atoms with Crippen LogP contribution in [0.4, 0.5) is 5.69 Å². The lowest BCUT2D eigenvalue weighted by atomic mass is 9.73. The van der Waals surface area contributed by atoms with Crippen molar-refractivity contribution < 1.29 is 19.1 Å². The number of benzene rings is 1. The summed E-state index contributed by atoms with van der Waals surface area (Å²) in [4.78, 5) is 44.2. The Morgan fingerprint density at radius 2 is 1.69 bits per heavy atom. The predicted molar refractivity (Wildman–Crippen MR) is 150 cm³/mol.